The second-order valence-corrected chi connectivity index (χ2v) is 36.5. The van der Waals surface area contributed by atoms with Crippen molar-refractivity contribution in [3.63, 3.8) is 0 Å². The van der Waals surface area contributed by atoms with Gasteiger partial charge in [0.2, 0.25) is 0 Å². The average molecular weight is 1600 g/mol. The summed E-state index contributed by atoms with van der Waals surface area (Å²) in [6, 6.07) is 0. The molecule has 0 nitrogen and oxygen atoms in total. The SMILES string of the molecule is CC(C)C(C(C)C)C(C)(C)C(F)(F)F.CCC(C)(CC)C(C)(C)C.CCC(C)(CC)C(F)(F)F.CCC(C)(CC)[C@](C)(CC)C(F)(F)F.CCC(CC)C(C)(C)C.CCC(CC)[C@](C)(CC)C(F)(F)F.CCC[C@](C)(CC)C(F)(F)F.CC[C@@](C)(C(C(C)C)C(C)C)C(F)(F)F.CC[C@@](C)(C(C)C)C(F)(F)F. The van der Waals surface area contributed by atoms with Crippen molar-refractivity contribution in [2.24, 2.45) is 113 Å². The third kappa shape index (κ3) is 37.8. The van der Waals surface area contributed by atoms with Crippen LogP contribution < -0.4 is 0 Å². The summed E-state index contributed by atoms with van der Waals surface area (Å²) >= 11 is 0. The first-order valence-corrected chi connectivity index (χ1v) is 40.5. The van der Waals surface area contributed by atoms with Crippen LogP contribution in [0.1, 0.15) is 400 Å². The van der Waals surface area contributed by atoms with Crippen molar-refractivity contribution >= 4 is 0 Å². The molecule has 21 heteroatoms. The van der Waals surface area contributed by atoms with Crippen LogP contribution in [0.5, 0.6) is 0 Å². The van der Waals surface area contributed by atoms with Crippen molar-refractivity contribution in [1.29, 1.82) is 0 Å². The smallest absolute Gasteiger partial charge is 0.171 e. The highest BCUT2D eigenvalue weighted by molar-refractivity contribution is 4.96. The highest BCUT2D eigenvalue weighted by Gasteiger charge is 2.60. The van der Waals surface area contributed by atoms with Crippen LogP contribution in [0.3, 0.4) is 0 Å². The highest BCUT2D eigenvalue weighted by Crippen LogP contribution is 2.58. The summed E-state index contributed by atoms with van der Waals surface area (Å²) in [5.41, 5.74) is -9.86. The molecule has 0 rings (SSSR count). The molecule has 5 atom stereocenters. The fourth-order valence-corrected chi connectivity index (χ4v) is 14.9. The lowest BCUT2D eigenvalue weighted by Gasteiger charge is -2.46. The molecule has 0 N–H and O–H groups in total. The summed E-state index contributed by atoms with van der Waals surface area (Å²) in [4.78, 5) is 0. The minimum Gasteiger partial charge on any atom is -0.171 e. The molecule has 0 unspecified atom stereocenters. The number of alkyl halides is 21. The van der Waals surface area contributed by atoms with Crippen LogP contribution >= 0.6 is 0 Å². The third-order valence-corrected chi connectivity index (χ3v) is 26.8. The van der Waals surface area contributed by atoms with Gasteiger partial charge >= 0.3 is 43.2 Å². The first kappa shape index (κ1) is 124. The molecule has 0 heterocycles. The summed E-state index contributed by atoms with van der Waals surface area (Å²) in [7, 11) is 0. The molecule has 0 aliphatic carbocycles. The van der Waals surface area contributed by atoms with E-state index in [1.54, 1.807) is 76.2 Å². The van der Waals surface area contributed by atoms with Crippen LogP contribution in [0.4, 0.5) is 92.2 Å². The van der Waals surface area contributed by atoms with E-state index < -0.39 is 86.6 Å². The molecule has 0 fully saturated rings. The van der Waals surface area contributed by atoms with E-state index in [2.05, 4.69) is 76.2 Å². The van der Waals surface area contributed by atoms with Crippen LogP contribution in [0.2, 0.25) is 0 Å². The normalized spacial score (nSPS) is 16.3. The molecule has 0 aromatic rings. The zero-order valence-corrected chi connectivity index (χ0v) is 76.2. The van der Waals surface area contributed by atoms with Crippen molar-refractivity contribution in [3.05, 3.63) is 0 Å². The van der Waals surface area contributed by atoms with Crippen LogP contribution in [0.15, 0.2) is 0 Å². The van der Waals surface area contributed by atoms with Gasteiger partial charge in [0.1, 0.15) is 0 Å². The van der Waals surface area contributed by atoms with E-state index in [4.69, 9.17) is 0 Å². The van der Waals surface area contributed by atoms with E-state index in [1.165, 1.54) is 81.1 Å². The topological polar surface area (TPSA) is 0 Å². The van der Waals surface area contributed by atoms with Crippen LogP contribution in [0, 0.1) is 113 Å². The van der Waals surface area contributed by atoms with Gasteiger partial charge < -0.3 is 0 Å². The minimum absolute atomic E-state index is 0.0478. The first-order valence-electron chi connectivity index (χ1n) is 40.5. The van der Waals surface area contributed by atoms with Gasteiger partial charge in [-0.05, 0) is 139 Å². The van der Waals surface area contributed by atoms with E-state index >= 15 is 0 Å². The molecular formula is C86H169F21. The number of halogens is 21. The molecule has 0 radical (unpaired) electrons. The molecule has 0 aromatic carbocycles. The van der Waals surface area contributed by atoms with Gasteiger partial charge in [0.05, 0.1) is 37.9 Å². The Hall–Kier alpha value is -1.47. The van der Waals surface area contributed by atoms with Gasteiger partial charge in [-0.3, -0.25) is 0 Å². The summed E-state index contributed by atoms with van der Waals surface area (Å²) in [6.45, 7) is 76.1. The van der Waals surface area contributed by atoms with Crippen molar-refractivity contribution in [2.75, 3.05) is 0 Å². The molecule has 0 amide bonds. The zero-order valence-electron chi connectivity index (χ0n) is 76.2. The zero-order chi connectivity index (χ0) is 89.2. The van der Waals surface area contributed by atoms with Crippen LogP contribution in [0.25, 0.3) is 0 Å². The lowest BCUT2D eigenvalue weighted by molar-refractivity contribution is -0.259. The van der Waals surface area contributed by atoms with Gasteiger partial charge in [0, 0.05) is 0 Å². The average Bonchev–Trinajstić information content (AvgIpc) is 0.747. The van der Waals surface area contributed by atoms with Gasteiger partial charge in [0.15, 0.2) is 0 Å². The molecule has 107 heavy (non-hydrogen) atoms. The Kier molecular flexibility index (Phi) is 57.2. The highest BCUT2D eigenvalue weighted by atomic mass is 19.4. The Morgan fingerprint density at radius 2 is 0.477 bits per heavy atom. The Morgan fingerprint density at radius 1 is 0.224 bits per heavy atom. The lowest BCUT2D eigenvalue weighted by atomic mass is 9.60. The van der Waals surface area contributed by atoms with E-state index in [-0.39, 0.29) is 98.7 Å². The minimum atomic E-state index is -4.12. The van der Waals surface area contributed by atoms with Crippen molar-refractivity contribution < 1.29 is 92.2 Å². The number of hydrogen-bond acceptors (Lipinski definition) is 0. The summed E-state index contributed by atoms with van der Waals surface area (Å²) in [6.07, 6.45) is -19.1. The molecule has 0 aromatic heterocycles. The molecule has 0 saturated heterocycles. The van der Waals surface area contributed by atoms with Gasteiger partial charge in [-0.2, -0.15) is 92.2 Å². The van der Waals surface area contributed by atoms with E-state index in [0.717, 1.165) is 5.92 Å². The maximum Gasteiger partial charge on any atom is 0.394 e. The molecule has 0 aliphatic rings. The Morgan fingerprint density at radius 3 is 0.523 bits per heavy atom. The van der Waals surface area contributed by atoms with Crippen molar-refractivity contribution in [2.45, 2.75) is 443 Å². The van der Waals surface area contributed by atoms with E-state index in [9.17, 15) is 92.2 Å². The maximum absolute atomic E-state index is 13.1. The summed E-state index contributed by atoms with van der Waals surface area (Å²) in [5.74, 6) is -0.154. The third-order valence-electron chi connectivity index (χ3n) is 26.8. The van der Waals surface area contributed by atoms with Crippen LogP contribution in [-0.2, 0) is 0 Å². The van der Waals surface area contributed by atoms with Crippen molar-refractivity contribution in [1.82, 2.24) is 0 Å². The second kappa shape index (κ2) is 49.4. The van der Waals surface area contributed by atoms with Gasteiger partial charge in [-0.15, -0.1) is 0 Å². The Labute approximate surface area is 645 Å². The van der Waals surface area contributed by atoms with Gasteiger partial charge in [-0.1, -0.05) is 336 Å². The standard InChI is InChI=1S/C12H23F3.2C11H21F3.C10H19F3.C10H22.C9H20.2C8H15F3.C7H13F3/c1-7-11(6,12(13,14)15)10(8(2)3)9(4)5;1-7(2)9(8(3)4)10(5,6)11(12,13)14;1-6-9(4,7-2)10(5,8-3)11(12,13)14;1-5-8(6-2)9(4,7-3)10(11,12)13;1-7-10(6,8-2)9(3,4)5;1-6-8(7-2)9(3,4)5;1-5-7(4,6(2)3)8(9,10)11;1-4-6-7(3,5-2)8(9,10)11;1-4-6(3,5-2)7(8,9)10/h8-10H,7H2,1-6H3;7-9H,1-6H3;6-8H2,1-5H3;8H,5-7H2,1-4H3;7-8H2,1-6H3;8H,6-7H2,1-5H3;6H,5H2,1-4H3;4-6H2,1-3H3;4-5H2,1-3H3/t11-;;10-;9-;;;2*7-;/m0.00..00./s1. The van der Waals surface area contributed by atoms with E-state index in [0.29, 0.717) is 48.3 Å². The number of rotatable bonds is 26. The van der Waals surface area contributed by atoms with Gasteiger partial charge in [-0.25, -0.2) is 0 Å². The predicted molar refractivity (Wildman–Crippen MR) is 417 cm³/mol. The predicted octanol–water partition coefficient (Wildman–Crippen LogP) is 36.7. The lowest BCUT2D eigenvalue weighted by Crippen LogP contribution is -2.47. The molecule has 0 spiro atoms. The summed E-state index contributed by atoms with van der Waals surface area (Å²) < 4.78 is 265. The monoisotopic (exact) mass is 1600 g/mol. The van der Waals surface area contributed by atoms with Crippen molar-refractivity contribution in [3.8, 4) is 0 Å². The number of hydrogen-bond donors (Lipinski definition) is 0. The Balaban J connectivity index is -0.000000145. The quantitative estimate of drug-likeness (QED) is 0.0757. The maximum atomic E-state index is 13.1. The molecule has 660 valence electrons. The molecule has 0 bridgehead atoms. The van der Waals surface area contributed by atoms with Crippen LogP contribution in [-0.4, -0.2) is 43.2 Å². The van der Waals surface area contributed by atoms with E-state index in [1.807, 2.05) is 83.1 Å². The Bertz CT molecular complexity index is 2110. The molecular weight excluding hydrogens is 1430 g/mol. The largest absolute Gasteiger partial charge is 0.394 e. The first-order chi connectivity index (χ1) is 47.0. The fourth-order valence-electron chi connectivity index (χ4n) is 14.9. The summed E-state index contributed by atoms with van der Waals surface area (Å²) in [5, 5.41) is 0. The molecule has 0 aliphatic heterocycles. The molecule has 0 saturated carbocycles. The fraction of sp³-hybridized carbons (Fsp3) is 1.00. The second-order valence-electron chi connectivity index (χ2n) is 36.5. The van der Waals surface area contributed by atoms with Gasteiger partial charge in [0.25, 0.3) is 0 Å².